The molecule has 0 radical (unpaired) electrons. The van der Waals surface area contributed by atoms with E-state index in [4.69, 9.17) is 10.2 Å². The Balaban J connectivity index is 2.02. The molecule has 3 nitrogen and oxygen atoms in total. The van der Waals surface area contributed by atoms with Crippen LogP contribution in [0.3, 0.4) is 0 Å². The lowest BCUT2D eigenvalue weighted by atomic mass is 10.2. The number of aromatic nitrogens is 1. The molecule has 1 heterocycles. The second kappa shape index (κ2) is 5.12. The Kier molecular flexibility index (Phi) is 3.57. The van der Waals surface area contributed by atoms with Crippen LogP contribution < -0.4 is 5.73 Å². The van der Waals surface area contributed by atoms with Gasteiger partial charge in [0.25, 0.3) is 0 Å². The van der Waals surface area contributed by atoms with E-state index >= 15 is 0 Å². The molecule has 0 fully saturated rings. The number of oxazole rings is 1. The molecule has 0 saturated carbocycles. The molecule has 0 aliphatic rings. The van der Waals surface area contributed by atoms with Gasteiger partial charge in [-0.05, 0) is 44.0 Å². The van der Waals surface area contributed by atoms with Crippen LogP contribution >= 0.6 is 0 Å². The number of hydrogen-bond donors (Lipinski definition) is 1. The second-order valence-electron chi connectivity index (χ2n) is 4.18. The summed E-state index contributed by atoms with van der Waals surface area (Å²) in [7, 11) is 0. The summed E-state index contributed by atoms with van der Waals surface area (Å²) < 4.78 is 5.66. The van der Waals surface area contributed by atoms with Crippen molar-refractivity contribution in [1.82, 2.24) is 4.98 Å². The average molecular weight is 218 g/mol. The van der Waals surface area contributed by atoms with Crippen molar-refractivity contribution in [1.29, 1.82) is 0 Å². The van der Waals surface area contributed by atoms with Gasteiger partial charge in [0.15, 0.2) is 11.5 Å². The van der Waals surface area contributed by atoms with E-state index in [-0.39, 0.29) is 0 Å². The van der Waals surface area contributed by atoms with Crippen LogP contribution in [0.5, 0.6) is 0 Å². The molecule has 0 atom stereocenters. The quantitative estimate of drug-likeness (QED) is 0.785. The second-order valence-corrected chi connectivity index (χ2v) is 4.18. The normalized spacial score (nSPS) is 11.1. The van der Waals surface area contributed by atoms with Gasteiger partial charge in [-0.3, -0.25) is 0 Å². The zero-order valence-corrected chi connectivity index (χ0v) is 9.70. The predicted octanol–water partition coefficient (Wildman–Crippen LogP) is 2.81. The van der Waals surface area contributed by atoms with E-state index in [1.807, 2.05) is 12.1 Å². The van der Waals surface area contributed by atoms with Gasteiger partial charge in [0, 0.05) is 6.42 Å². The molecule has 16 heavy (non-hydrogen) atoms. The van der Waals surface area contributed by atoms with Crippen LogP contribution in [0.4, 0.5) is 0 Å². The predicted molar refractivity (Wildman–Crippen MR) is 65.4 cm³/mol. The molecule has 0 amide bonds. The summed E-state index contributed by atoms with van der Waals surface area (Å²) >= 11 is 0. The van der Waals surface area contributed by atoms with Crippen molar-refractivity contribution in [2.24, 2.45) is 5.73 Å². The summed E-state index contributed by atoms with van der Waals surface area (Å²) in [5.74, 6) is 0.845. The Morgan fingerprint density at radius 3 is 2.94 bits per heavy atom. The molecular weight excluding hydrogens is 200 g/mol. The molecule has 0 bridgehead atoms. The molecule has 2 rings (SSSR count). The molecule has 1 aromatic heterocycles. The van der Waals surface area contributed by atoms with E-state index in [0.717, 1.165) is 49.2 Å². The third kappa shape index (κ3) is 2.61. The van der Waals surface area contributed by atoms with Gasteiger partial charge in [0.2, 0.25) is 0 Å². The summed E-state index contributed by atoms with van der Waals surface area (Å²) in [6.45, 7) is 2.84. The summed E-state index contributed by atoms with van der Waals surface area (Å²) in [5.41, 5.74) is 8.52. The Hall–Kier alpha value is -1.35. The number of hydrogen-bond acceptors (Lipinski definition) is 3. The van der Waals surface area contributed by atoms with Gasteiger partial charge < -0.3 is 10.2 Å². The number of rotatable bonds is 5. The Morgan fingerprint density at radius 2 is 2.12 bits per heavy atom. The maximum absolute atomic E-state index is 5.66. The largest absolute Gasteiger partial charge is 0.441 e. The lowest BCUT2D eigenvalue weighted by Gasteiger charge is -1.94. The van der Waals surface area contributed by atoms with E-state index < -0.39 is 0 Å². The minimum absolute atomic E-state index is 0.771. The zero-order chi connectivity index (χ0) is 11.4. The first kappa shape index (κ1) is 11.1. The fourth-order valence-corrected chi connectivity index (χ4v) is 1.79. The fourth-order valence-electron chi connectivity index (χ4n) is 1.79. The van der Waals surface area contributed by atoms with Gasteiger partial charge in [-0.25, -0.2) is 4.98 Å². The zero-order valence-electron chi connectivity index (χ0n) is 9.70. The van der Waals surface area contributed by atoms with Crippen molar-refractivity contribution < 1.29 is 4.42 Å². The van der Waals surface area contributed by atoms with Gasteiger partial charge >= 0.3 is 0 Å². The van der Waals surface area contributed by atoms with E-state index in [9.17, 15) is 0 Å². The number of aryl methyl sites for hydroxylation is 2. The molecule has 0 saturated heterocycles. The Labute approximate surface area is 95.7 Å². The molecule has 0 spiro atoms. The fraction of sp³-hybridized carbons (Fsp3) is 0.462. The molecular formula is C13H18N2O. The first-order valence-electron chi connectivity index (χ1n) is 5.86. The molecule has 86 valence electrons. The first-order chi connectivity index (χ1) is 7.79. The van der Waals surface area contributed by atoms with Crippen LogP contribution in [0.2, 0.25) is 0 Å². The molecule has 0 unspecified atom stereocenters. The smallest absolute Gasteiger partial charge is 0.195 e. The van der Waals surface area contributed by atoms with Gasteiger partial charge in [-0.2, -0.15) is 0 Å². The minimum atomic E-state index is 0.771. The van der Waals surface area contributed by atoms with Crippen molar-refractivity contribution in [2.45, 2.75) is 32.6 Å². The highest BCUT2D eigenvalue weighted by Gasteiger charge is 2.04. The van der Waals surface area contributed by atoms with E-state index in [1.54, 1.807) is 0 Å². The molecule has 2 aromatic rings. The maximum Gasteiger partial charge on any atom is 0.195 e. The van der Waals surface area contributed by atoms with Crippen LogP contribution in [0.1, 0.15) is 30.7 Å². The average Bonchev–Trinajstić information content (AvgIpc) is 2.66. The van der Waals surface area contributed by atoms with E-state index in [2.05, 4.69) is 18.0 Å². The number of fused-ring (bicyclic) bond motifs is 1. The van der Waals surface area contributed by atoms with Gasteiger partial charge in [-0.15, -0.1) is 0 Å². The van der Waals surface area contributed by atoms with Gasteiger partial charge in [-0.1, -0.05) is 12.5 Å². The molecule has 1 aromatic carbocycles. The summed E-state index contributed by atoms with van der Waals surface area (Å²) in [6.07, 6.45) is 4.24. The van der Waals surface area contributed by atoms with Crippen LogP contribution in [0, 0.1) is 6.92 Å². The van der Waals surface area contributed by atoms with Crippen molar-refractivity contribution in [2.75, 3.05) is 6.54 Å². The summed E-state index contributed by atoms with van der Waals surface area (Å²) in [5, 5.41) is 0. The number of nitrogens with zero attached hydrogens (tertiary/aromatic N) is 1. The Morgan fingerprint density at radius 1 is 1.25 bits per heavy atom. The molecule has 3 heteroatoms. The monoisotopic (exact) mass is 218 g/mol. The highest BCUT2D eigenvalue weighted by atomic mass is 16.3. The van der Waals surface area contributed by atoms with Gasteiger partial charge in [0.05, 0.1) is 0 Å². The molecule has 0 aliphatic heterocycles. The molecule has 2 N–H and O–H groups in total. The Bertz CT molecular complexity index is 462. The van der Waals surface area contributed by atoms with Crippen LogP contribution in [0.25, 0.3) is 11.1 Å². The first-order valence-corrected chi connectivity index (χ1v) is 5.86. The van der Waals surface area contributed by atoms with Crippen molar-refractivity contribution in [3.8, 4) is 0 Å². The highest BCUT2D eigenvalue weighted by Crippen LogP contribution is 2.18. The van der Waals surface area contributed by atoms with E-state index in [0.29, 0.717) is 0 Å². The van der Waals surface area contributed by atoms with Crippen LogP contribution in [0.15, 0.2) is 22.6 Å². The SMILES string of the molecule is Cc1ccc2oc(CCCCCN)nc2c1. The van der Waals surface area contributed by atoms with E-state index in [1.165, 1.54) is 5.56 Å². The number of benzene rings is 1. The standard InChI is InChI=1S/C13H18N2O/c1-10-6-7-12-11(9-10)15-13(16-12)5-3-2-4-8-14/h6-7,9H,2-5,8,14H2,1H3. The summed E-state index contributed by atoms with van der Waals surface area (Å²) in [6, 6.07) is 6.09. The summed E-state index contributed by atoms with van der Waals surface area (Å²) in [4.78, 5) is 4.47. The van der Waals surface area contributed by atoms with Crippen molar-refractivity contribution >= 4 is 11.1 Å². The van der Waals surface area contributed by atoms with Crippen molar-refractivity contribution in [3.63, 3.8) is 0 Å². The molecule has 0 aliphatic carbocycles. The third-order valence-electron chi connectivity index (χ3n) is 2.68. The number of unbranched alkanes of at least 4 members (excludes halogenated alkanes) is 2. The van der Waals surface area contributed by atoms with Gasteiger partial charge in [0.1, 0.15) is 5.52 Å². The topological polar surface area (TPSA) is 52.0 Å². The minimum Gasteiger partial charge on any atom is -0.441 e. The van der Waals surface area contributed by atoms with Crippen molar-refractivity contribution in [3.05, 3.63) is 29.7 Å². The lowest BCUT2D eigenvalue weighted by Crippen LogP contribution is -1.98. The van der Waals surface area contributed by atoms with Crippen LogP contribution in [-0.4, -0.2) is 11.5 Å². The third-order valence-corrected chi connectivity index (χ3v) is 2.68. The maximum atomic E-state index is 5.66. The highest BCUT2D eigenvalue weighted by molar-refractivity contribution is 5.73. The lowest BCUT2D eigenvalue weighted by molar-refractivity contribution is 0.511. The van der Waals surface area contributed by atoms with Crippen LogP contribution in [-0.2, 0) is 6.42 Å². The number of nitrogens with two attached hydrogens (primary N) is 1.